The van der Waals surface area contributed by atoms with Gasteiger partial charge in [0.1, 0.15) is 11.8 Å². The number of Topliss-reactive ketones (excluding diaryl/α,β-unsaturated/α-hetero) is 1. The van der Waals surface area contributed by atoms with Gasteiger partial charge >= 0.3 is 0 Å². The molecule has 2 amide bonds. The molecule has 0 bridgehead atoms. The highest BCUT2D eigenvalue weighted by molar-refractivity contribution is 6.76. The fourth-order valence-corrected chi connectivity index (χ4v) is 6.96. The molecule has 2 aliphatic rings. The molecule has 0 radical (unpaired) electrons. The van der Waals surface area contributed by atoms with Gasteiger partial charge in [-0.25, -0.2) is 0 Å². The molecule has 1 aromatic carbocycles. The number of nitriles is 1. The molecule has 1 aliphatic carbocycles. The Hall–Kier alpha value is -3.12. The van der Waals surface area contributed by atoms with Crippen molar-refractivity contribution in [3.8, 4) is 11.8 Å². The van der Waals surface area contributed by atoms with Crippen molar-refractivity contribution in [3.05, 3.63) is 30.0 Å². The summed E-state index contributed by atoms with van der Waals surface area (Å²) in [5, 5.41) is 16.4. The quantitative estimate of drug-likeness (QED) is 0.343. The third-order valence-electron chi connectivity index (χ3n) is 7.05. The Balaban J connectivity index is 1.46. The van der Waals surface area contributed by atoms with Gasteiger partial charge in [0.25, 0.3) is 0 Å². The maximum atomic E-state index is 13.3. The van der Waals surface area contributed by atoms with Crippen LogP contribution in [0.25, 0.3) is 10.9 Å². The molecule has 2 aromatic rings. The Morgan fingerprint density at radius 3 is 2.66 bits per heavy atom. The summed E-state index contributed by atoms with van der Waals surface area (Å²) in [5.41, 5.74) is 1.17. The van der Waals surface area contributed by atoms with E-state index in [-0.39, 0.29) is 35.5 Å². The lowest BCUT2D eigenvalue weighted by Crippen LogP contribution is -2.42. The van der Waals surface area contributed by atoms with Crippen LogP contribution in [0.1, 0.15) is 42.6 Å². The van der Waals surface area contributed by atoms with Gasteiger partial charge in [0.05, 0.1) is 18.9 Å². The van der Waals surface area contributed by atoms with Gasteiger partial charge in [0, 0.05) is 42.8 Å². The predicted molar refractivity (Wildman–Crippen MR) is 136 cm³/mol. The second-order valence-corrected chi connectivity index (χ2v) is 16.8. The number of benzene rings is 1. The number of hydrogen-bond acceptors (Lipinski definition) is 5. The second kappa shape index (κ2) is 9.50. The molecule has 2 heterocycles. The van der Waals surface area contributed by atoms with E-state index in [1.165, 1.54) is 0 Å². The number of rotatable bonds is 10. The number of amides is 2. The largest absolute Gasteiger partial charge is 0.496 e. The summed E-state index contributed by atoms with van der Waals surface area (Å²) in [4.78, 5) is 42.0. The number of hydrogen-bond donors (Lipinski definition) is 3. The average Bonchev–Trinajstić information content (AvgIpc) is 3.26. The van der Waals surface area contributed by atoms with E-state index in [1.807, 2.05) is 18.2 Å². The van der Waals surface area contributed by atoms with Crippen LogP contribution in [0.15, 0.2) is 24.3 Å². The van der Waals surface area contributed by atoms with Gasteiger partial charge in [-0.1, -0.05) is 25.7 Å². The third-order valence-corrected chi connectivity index (χ3v) is 8.77. The molecular formula is C26H34N4O4Si. The monoisotopic (exact) mass is 494 g/mol. The minimum absolute atomic E-state index is 0.0277. The molecule has 1 aromatic heterocycles. The molecule has 4 rings (SSSR count). The Kier molecular flexibility index (Phi) is 6.78. The molecule has 3 unspecified atom stereocenters. The van der Waals surface area contributed by atoms with E-state index in [2.05, 4.69) is 41.3 Å². The molecule has 1 aliphatic heterocycles. The average molecular weight is 495 g/mol. The first-order valence-electron chi connectivity index (χ1n) is 12.2. The Morgan fingerprint density at radius 2 is 2.06 bits per heavy atom. The summed E-state index contributed by atoms with van der Waals surface area (Å²) in [6.07, 6.45) is 3.04. The van der Waals surface area contributed by atoms with E-state index in [0.29, 0.717) is 23.9 Å². The Morgan fingerprint density at radius 1 is 1.31 bits per heavy atom. The highest BCUT2D eigenvalue weighted by atomic mass is 28.3. The summed E-state index contributed by atoms with van der Waals surface area (Å²) in [6.45, 7) is 6.47. The lowest BCUT2D eigenvalue weighted by Gasteiger charge is -2.25. The van der Waals surface area contributed by atoms with Crippen molar-refractivity contribution < 1.29 is 19.1 Å². The summed E-state index contributed by atoms with van der Waals surface area (Å²) in [7, 11) is -0.120. The number of H-pyrrole nitrogens is 1. The van der Waals surface area contributed by atoms with Crippen LogP contribution < -0.4 is 15.4 Å². The van der Waals surface area contributed by atoms with Crippen LogP contribution in [0.4, 0.5) is 0 Å². The smallest absolute Gasteiger partial charge is 0.224 e. The zero-order chi connectivity index (χ0) is 25.4. The van der Waals surface area contributed by atoms with Gasteiger partial charge < -0.3 is 20.4 Å². The third kappa shape index (κ3) is 5.76. The van der Waals surface area contributed by atoms with E-state index < -0.39 is 20.0 Å². The van der Waals surface area contributed by atoms with Crippen LogP contribution >= 0.6 is 0 Å². The van der Waals surface area contributed by atoms with Crippen LogP contribution in [-0.2, 0) is 9.59 Å². The van der Waals surface area contributed by atoms with Gasteiger partial charge in [-0.05, 0) is 49.9 Å². The van der Waals surface area contributed by atoms with E-state index >= 15 is 0 Å². The van der Waals surface area contributed by atoms with E-state index in [0.717, 1.165) is 30.2 Å². The highest BCUT2D eigenvalue weighted by Gasteiger charge is 2.52. The second-order valence-electron chi connectivity index (χ2n) is 11.3. The van der Waals surface area contributed by atoms with E-state index in [9.17, 15) is 19.6 Å². The number of aromatic amines is 1. The molecule has 3 N–H and O–H groups in total. The number of nitrogens with zero attached hydrogens (tertiary/aromatic N) is 1. The molecule has 8 nitrogen and oxygen atoms in total. The van der Waals surface area contributed by atoms with Crippen molar-refractivity contribution in [2.24, 2.45) is 11.8 Å². The van der Waals surface area contributed by atoms with Crippen molar-refractivity contribution in [1.29, 1.82) is 5.26 Å². The minimum Gasteiger partial charge on any atom is -0.496 e. The van der Waals surface area contributed by atoms with Crippen LogP contribution in [0, 0.1) is 23.2 Å². The first kappa shape index (κ1) is 25.0. The van der Waals surface area contributed by atoms with Crippen LogP contribution in [0.3, 0.4) is 0 Å². The number of carbonyl (C=O) groups excluding carboxylic acids is 3. The van der Waals surface area contributed by atoms with Crippen molar-refractivity contribution in [2.45, 2.75) is 69.4 Å². The summed E-state index contributed by atoms with van der Waals surface area (Å²) < 4.78 is 5.39. The van der Waals surface area contributed by atoms with Crippen molar-refractivity contribution in [3.63, 3.8) is 0 Å². The van der Waals surface area contributed by atoms with Gasteiger partial charge in [-0.2, -0.15) is 5.26 Å². The summed E-state index contributed by atoms with van der Waals surface area (Å²) >= 11 is 0. The fourth-order valence-electron chi connectivity index (χ4n) is 5.15. The molecule has 1 saturated heterocycles. The van der Waals surface area contributed by atoms with Gasteiger partial charge in [-0.15, -0.1) is 0 Å². The van der Waals surface area contributed by atoms with E-state index in [4.69, 9.17) is 4.74 Å². The molecular weight excluding hydrogens is 460 g/mol. The number of fused-ring (bicyclic) bond motifs is 1. The molecule has 9 heteroatoms. The zero-order valence-electron chi connectivity index (χ0n) is 20.9. The number of methoxy groups -OCH3 is 1. The van der Waals surface area contributed by atoms with Crippen molar-refractivity contribution in [2.75, 3.05) is 7.11 Å². The maximum absolute atomic E-state index is 13.3. The summed E-state index contributed by atoms with van der Waals surface area (Å²) in [6, 6.07) is 9.36. The zero-order valence-corrected chi connectivity index (χ0v) is 21.9. The first-order valence-corrected chi connectivity index (χ1v) is 15.9. The number of ether oxygens (including phenoxy) is 1. The predicted octanol–water partition coefficient (Wildman–Crippen LogP) is 3.77. The van der Waals surface area contributed by atoms with Crippen LogP contribution in [0.2, 0.25) is 25.7 Å². The first-order chi connectivity index (χ1) is 16.5. The van der Waals surface area contributed by atoms with Crippen molar-refractivity contribution >= 4 is 36.6 Å². The number of ketones is 1. The van der Waals surface area contributed by atoms with Crippen LogP contribution in [-0.4, -0.2) is 49.3 Å². The molecule has 1 spiro atoms. The lowest BCUT2D eigenvalue weighted by atomic mass is 9.95. The van der Waals surface area contributed by atoms with Crippen LogP contribution in [0.5, 0.6) is 5.75 Å². The molecule has 3 atom stereocenters. The Labute approximate surface area is 206 Å². The van der Waals surface area contributed by atoms with Gasteiger partial charge in [0.2, 0.25) is 11.8 Å². The molecule has 186 valence electrons. The maximum Gasteiger partial charge on any atom is 0.224 e. The van der Waals surface area contributed by atoms with Crippen molar-refractivity contribution in [1.82, 2.24) is 15.6 Å². The number of aromatic nitrogens is 1. The SMILES string of the molecule is COc1cccc2[nH]c(C(=O)CC(C[Si](C)(C)C)C(=O)NC(C#N)CC3CC4(CC4)NC3=O)cc12. The normalized spacial score (nSPS) is 20.2. The highest BCUT2D eigenvalue weighted by Crippen LogP contribution is 2.46. The lowest BCUT2D eigenvalue weighted by molar-refractivity contribution is -0.126. The van der Waals surface area contributed by atoms with Gasteiger partial charge in [0.15, 0.2) is 5.78 Å². The molecule has 35 heavy (non-hydrogen) atoms. The summed E-state index contributed by atoms with van der Waals surface area (Å²) in [5.74, 6) is -0.594. The fraction of sp³-hybridized carbons (Fsp3) is 0.538. The van der Waals surface area contributed by atoms with Gasteiger partial charge in [-0.3, -0.25) is 14.4 Å². The van der Waals surface area contributed by atoms with E-state index in [1.54, 1.807) is 13.2 Å². The Bertz CT molecular complexity index is 1190. The molecule has 2 fully saturated rings. The standard InChI is InChI=1S/C26H34N4O4Si/c1-34-23-7-5-6-20-19(23)12-21(29-20)22(31)11-17(15-35(2,3)4)24(32)28-18(14-27)10-16-13-26(8-9-26)30-25(16)33/h5-7,12,16-18,29H,8-11,13,15H2,1-4H3,(H,28,32)(H,30,33). The number of carbonyl (C=O) groups is 3. The molecule has 1 saturated carbocycles. The minimum atomic E-state index is -1.71. The topological polar surface area (TPSA) is 124 Å². The number of nitrogens with one attached hydrogen (secondary N) is 3.